The van der Waals surface area contributed by atoms with E-state index in [0.717, 1.165) is 4.90 Å². The van der Waals surface area contributed by atoms with Gasteiger partial charge < -0.3 is 0 Å². The molecule has 0 aromatic heterocycles. The minimum absolute atomic E-state index is 0.195. The van der Waals surface area contributed by atoms with Gasteiger partial charge in [-0.3, -0.25) is 0 Å². The molecule has 0 aliphatic carbocycles. The van der Waals surface area contributed by atoms with E-state index in [9.17, 15) is 4.39 Å². The number of benzene rings is 3. The van der Waals surface area contributed by atoms with Gasteiger partial charge in [-0.2, -0.15) is 0 Å². The minimum Gasteiger partial charge on any atom is -0.207 e. The molecule has 0 nitrogen and oxygen atoms in total. The number of halogens is 1. The van der Waals surface area contributed by atoms with Crippen LogP contribution in [0.3, 0.4) is 0 Å². The number of hydrogen-bond acceptors (Lipinski definition) is 0. The molecule has 0 amide bonds. The summed E-state index contributed by atoms with van der Waals surface area (Å²) < 4.78 is 13.2. The fourth-order valence-corrected chi connectivity index (χ4v) is 4.27. The molecule has 0 aliphatic heterocycles. The first kappa shape index (κ1) is 13.9. The van der Waals surface area contributed by atoms with E-state index in [0.29, 0.717) is 0 Å². The fraction of sp³-hybridized carbons (Fsp3) is 0.0526. The van der Waals surface area contributed by atoms with Crippen LogP contribution in [0.25, 0.3) is 0 Å². The lowest BCUT2D eigenvalue weighted by atomic mass is 10.2. The molecule has 0 fully saturated rings. The van der Waals surface area contributed by atoms with Crippen LogP contribution < -0.4 is 0 Å². The van der Waals surface area contributed by atoms with Crippen molar-refractivity contribution in [2.75, 3.05) is 0 Å². The smallest absolute Gasteiger partial charge is 0.166 e. The van der Waals surface area contributed by atoms with Crippen molar-refractivity contribution in [2.45, 2.75) is 21.6 Å². The van der Waals surface area contributed by atoms with Gasteiger partial charge in [0.05, 0.1) is 10.9 Å². The Labute approximate surface area is 127 Å². The van der Waals surface area contributed by atoms with Crippen LogP contribution in [0.4, 0.5) is 4.39 Å². The van der Waals surface area contributed by atoms with E-state index in [4.69, 9.17) is 0 Å². The van der Waals surface area contributed by atoms with Gasteiger partial charge in [0, 0.05) is 0 Å². The van der Waals surface area contributed by atoms with Crippen molar-refractivity contribution in [2.24, 2.45) is 0 Å². The van der Waals surface area contributed by atoms with Gasteiger partial charge in [-0.1, -0.05) is 35.9 Å². The lowest BCUT2D eigenvalue weighted by Crippen LogP contribution is -2.04. The Morgan fingerprint density at radius 1 is 0.619 bits per heavy atom. The van der Waals surface area contributed by atoms with Crippen LogP contribution in [0, 0.1) is 12.7 Å². The largest absolute Gasteiger partial charge is 0.207 e. The summed E-state index contributed by atoms with van der Waals surface area (Å²) in [4.78, 5) is 3.62. The molecule has 0 N–H and O–H groups in total. The molecule has 0 bridgehead atoms. The second-order valence-corrected chi connectivity index (χ2v) is 6.91. The molecule has 21 heavy (non-hydrogen) atoms. The van der Waals surface area contributed by atoms with Crippen LogP contribution in [0.2, 0.25) is 0 Å². The molecule has 0 spiro atoms. The molecule has 3 aromatic rings. The van der Waals surface area contributed by atoms with E-state index in [1.165, 1.54) is 27.5 Å². The Morgan fingerprint density at radius 2 is 1.10 bits per heavy atom. The fourth-order valence-electron chi connectivity index (χ4n) is 2.21. The lowest BCUT2D eigenvalue weighted by molar-refractivity contribution is 0.626. The zero-order valence-electron chi connectivity index (χ0n) is 11.8. The molecule has 2 heteroatoms. The van der Waals surface area contributed by atoms with Gasteiger partial charge in [0.2, 0.25) is 0 Å². The zero-order valence-corrected chi connectivity index (χ0v) is 12.6. The summed E-state index contributed by atoms with van der Waals surface area (Å²) in [5, 5.41) is 0. The third-order valence-electron chi connectivity index (χ3n) is 3.28. The summed E-state index contributed by atoms with van der Waals surface area (Å²) in [5.74, 6) is -0.195. The second-order valence-electron chi connectivity index (χ2n) is 4.89. The predicted octanol–water partition coefficient (Wildman–Crippen LogP) is 5.23. The molecule has 1 unspecified atom stereocenters. The average molecular weight is 295 g/mol. The van der Waals surface area contributed by atoms with Gasteiger partial charge in [0.1, 0.15) is 5.82 Å². The third-order valence-corrected chi connectivity index (χ3v) is 5.52. The standard InChI is InChI=1S/C19H16FS/c1-15-7-11-18(12-8-15)21(17-5-3-2-4-6-17)19-13-9-16(20)10-14-19/h2-14H,1H3/q+1. The maximum atomic E-state index is 13.2. The van der Waals surface area contributed by atoms with Crippen LogP contribution in [-0.4, -0.2) is 0 Å². The van der Waals surface area contributed by atoms with E-state index in [1.807, 2.05) is 30.3 Å². The highest BCUT2D eigenvalue weighted by atomic mass is 32.2. The monoisotopic (exact) mass is 295 g/mol. The molecule has 104 valence electrons. The van der Waals surface area contributed by atoms with Gasteiger partial charge in [-0.25, -0.2) is 4.39 Å². The SMILES string of the molecule is Cc1ccc([S+](c2ccccc2)c2ccc(F)cc2)cc1. The van der Waals surface area contributed by atoms with E-state index in [2.05, 4.69) is 43.3 Å². The molecule has 0 heterocycles. The molecule has 0 aliphatic rings. The third kappa shape index (κ3) is 3.17. The van der Waals surface area contributed by atoms with Crippen molar-refractivity contribution >= 4 is 10.9 Å². The second kappa shape index (κ2) is 6.15. The highest BCUT2D eigenvalue weighted by molar-refractivity contribution is 7.97. The number of rotatable bonds is 3. The van der Waals surface area contributed by atoms with Gasteiger partial charge in [0.25, 0.3) is 0 Å². The molecule has 3 rings (SSSR count). The minimum atomic E-state index is -0.198. The lowest BCUT2D eigenvalue weighted by Gasteiger charge is -2.08. The van der Waals surface area contributed by atoms with Crippen LogP contribution in [0.1, 0.15) is 5.56 Å². The van der Waals surface area contributed by atoms with Crippen molar-refractivity contribution in [3.63, 3.8) is 0 Å². The first-order valence-corrected chi connectivity index (χ1v) is 8.08. The first-order chi connectivity index (χ1) is 10.2. The molecule has 0 radical (unpaired) electrons. The molecular formula is C19H16FS+. The summed E-state index contributed by atoms with van der Waals surface area (Å²) in [6.45, 7) is 2.09. The highest BCUT2D eigenvalue weighted by Crippen LogP contribution is 2.31. The Kier molecular flexibility index (Phi) is 4.07. The Bertz CT molecular complexity index is 657. The number of aryl methyl sites for hydroxylation is 1. The van der Waals surface area contributed by atoms with E-state index < -0.39 is 0 Å². The summed E-state index contributed by atoms with van der Waals surface area (Å²) in [5.41, 5.74) is 1.24. The van der Waals surface area contributed by atoms with Crippen molar-refractivity contribution in [3.8, 4) is 0 Å². The summed E-state index contributed by atoms with van der Waals surface area (Å²) >= 11 is 0. The summed E-state index contributed by atoms with van der Waals surface area (Å²) in [7, 11) is -0.198. The molecule has 1 atom stereocenters. The Balaban J connectivity index is 2.11. The molecule has 3 aromatic carbocycles. The highest BCUT2D eigenvalue weighted by Gasteiger charge is 2.28. The summed E-state index contributed by atoms with van der Waals surface area (Å²) in [6, 6.07) is 25.8. The van der Waals surface area contributed by atoms with E-state index in [-0.39, 0.29) is 16.7 Å². The van der Waals surface area contributed by atoms with Gasteiger partial charge in [0.15, 0.2) is 14.7 Å². The zero-order chi connectivity index (χ0) is 14.7. The van der Waals surface area contributed by atoms with Crippen molar-refractivity contribution in [1.29, 1.82) is 0 Å². The van der Waals surface area contributed by atoms with Gasteiger partial charge in [-0.05, 0) is 55.5 Å². The van der Waals surface area contributed by atoms with E-state index in [1.54, 1.807) is 0 Å². The first-order valence-electron chi connectivity index (χ1n) is 6.85. The Hall–Kier alpha value is -2.06. The molecular weight excluding hydrogens is 279 g/mol. The molecule has 0 saturated heterocycles. The van der Waals surface area contributed by atoms with Crippen LogP contribution in [0.15, 0.2) is 93.5 Å². The predicted molar refractivity (Wildman–Crippen MR) is 86.2 cm³/mol. The van der Waals surface area contributed by atoms with Crippen molar-refractivity contribution < 1.29 is 4.39 Å². The number of hydrogen-bond donors (Lipinski definition) is 0. The maximum Gasteiger partial charge on any atom is 0.166 e. The maximum absolute atomic E-state index is 13.2. The van der Waals surface area contributed by atoms with Crippen LogP contribution >= 0.6 is 0 Å². The summed E-state index contributed by atoms with van der Waals surface area (Å²) in [6.07, 6.45) is 0. The topological polar surface area (TPSA) is 0 Å². The van der Waals surface area contributed by atoms with Crippen LogP contribution in [-0.2, 0) is 10.9 Å². The normalized spacial score (nSPS) is 12.1. The van der Waals surface area contributed by atoms with Crippen molar-refractivity contribution in [3.05, 3.63) is 90.2 Å². The van der Waals surface area contributed by atoms with Gasteiger partial charge >= 0.3 is 0 Å². The molecule has 0 saturated carbocycles. The average Bonchev–Trinajstić information content (AvgIpc) is 2.52. The Morgan fingerprint density at radius 3 is 1.67 bits per heavy atom. The van der Waals surface area contributed by atoms with E-state index >= 15 is 0 Å². The quantitative estimate of drug-likeness (QED) is 0.580. The van der Waals surface area contributed by atoms with Crippen molar-refractivity contribution in [1.82, 2.24) is 0 Å². The van der Waals surface area contributed by atoms with Gasteiger partial charge in [-0.15, -0.1) is 0 Å². The van der Waals surface area contributed by atoms with Crippen LogP contribution in [0.5, 0.6) is 0 Å².